The van der Waals surface area contributed by atoms with Crippen molar-refractivity contribution in [3.05, 3.63) is 91.2 Å². The standard InChI is InChI=1S/C22H15NO3S/c24-27(25,17-11-5-2-6-12-17)23-20-14-8-7-13-18(20)19-15-26-22(21(19)23)16-9-3-1-4-10-16/h1-15H. The Morgan fingerprint density at radius 1 is 0.704 bits per heavy atom. The van der Waals surface area contributed by atoms with Gasteiger partial charge in [-0.1, -0.05) is 66.7 Å². The van der Waals surface area contributed by atoms with Crippen molar-refractivity contribution in [1.29, 1.82) is 0 Å². The van der Waals surface area contributed by atoms with Crippen LogP contribution in [0.5, 0.6) is 0 Å². The second kappa shape index (κ2) is 5.86. The van der Waals surface area contributed by atoms with Crippen LogP contribution in [-0.2, 0) is 10.0 Å². The molecule has 0 saturated carbocycles. The van der Waals surface area contributed by atoms with Crippen molar-refractivity contribution < 1.29 is 12.8 Å². The minimum Gasteiger partial charge on any atom is -0.461 e. The molecule has 3 aromatic carbocycles. The zero-order valence-corrected chi connectivity index (χ0v) is 15.1. The molecule has 0 aliphatic rings. The molecule has 0 N–H and O–H groups in total. The van der Waals surface area contributed by atoms with Crippen LogP contribution in [0.2, 0.25) is 0 Å². The van der Waals surface area contributed by atoms with Gasteiger partial charge in [-0.3, -0.25) is 0 Å². The van der Waals surface area contributed by atoms with Gasteiger partial charge in [0.05, 0.1) is 10.4 Å². The van der Waals surface area contributed by atoms with Crippen LogP contribution in [0.25, 0.3) is 33.1 Å². The minimum atomic E-state index is -3.79. The predicted molar refractivity (Wildman–Crippen MR) is 106 cm³/mol. The second-order valence-electron chi connectivity index (χ2n) is 6.29. The zero-order chi connectivity index (χ0) is 18.4. The molecular formula is C22H15NO3S. The molecule has 2 aromatic heterocycles. The number of hydrogen-bond donors (Lipinski definition) is 0. The van der Waals surface area contributed by atoms with Gasteiger partial charge >= 0.3 is 0 Å². The van der Waals surface area contributed by atoms with Crippen LogP contribution in [-0.4, -0.2) is 12.4 Å². The smallest absolute Gasteiger partial charge is 0.268 e. The highest BCUT2D eigenvalue weighted by Crippen LogP contribution is 2.39. The lowest BCUT2D eigenvalue weighted by molar-refractivity contribution is 0.582. The minimum absolute atomic E-state index is 0.243. The van der Waals surface area contributed by atoms with Crippen molar-refractivity contribution >= 4 is 31.8 Å². The van der Waals surface area contributed by atoms with E-state index in [0.717, 1.165) is 16.3 Å². The van der Waals surface area contributed by atoms with Crippen molar-refractivity contribution in [3.8, 4) is 11.3 Å². The van der Waals surface area contributed by atoms with E-state index in [1.165, 1.54) is 3.97 Å². The molecule has 0 spiro atoms. The van der Waals surface area contributed by atoms with Gasteiger partial charge in [-0.05, 0) is 18.2 Å². The molecule has 0 saturated heterocycles. The molecule has 0 amide bonds. The van der Waals surface area contributed by atoms with Gasteiger partial charge in [0.2, 0.25) is 0 Å². The maximum atomic E-state index is 13.5. The molecule has 5 rings (SSSR count). The van der Waals surface area contributed by atoms with E-state index in [0.29, 0.717) is 16.8 Å². The number of para-hydroxylation sites is 1. The summed E-state index contributed by atoms with van der Waals surface area (Å²) in [7, 11) is -3.79. The van der Waals surface area contributed by atoms with Crippen LogP contribution in [0.1, 0.15) is 0 Å². The summed E-state index contributed by atoms with van der Waals surface area (Å²) in [4.78, 5) is 0.243. The Kier molecular flexibility index (Phi) is 3.45. The molecule has 0 aliphatic carbocycles. The average molecular weight is 373 g/mol. The fourth-order valence-corrected chi connectivity index (χ4v) is 5.04. The number of nitrogens with zero attached hydrogens (tertiary/aromatic N) is 1. The van der Waals surface area contributed by atoms with Gasteiger partial charge in [0.25, 0.3) is 10.0 Å². The van der Waals surface area contributed by atoms with E-state index in [1.807, 2.05) is 54.6 Å². The molecule has 0 unspecified atom stereocenters. The molecule has 132 valence electrons. The molecule has 0 bridgehead atoms. The van der Waals surface area contributed by atoms with Crippen molar-refractivity contribution in [1.82, 2.24) is 3.97 Å². The molecule has 0 aliphatic heterocycles. The molecule has 0 radical (unpaired) electrons. The number of aromatic nitrogens is 1. The van der Waals surface area contributed by atoms with Crippen LogP contribution in [0.15, 0.2) is 101 Å². The van der Waals surface area contributed by atoms with E-state index in [2.05, 4.69) is 0 Å². The summed E-state index contributed by atoms with van der Waals surface area (Å²) in [5.41, 5.74) is 2.03. The molecule has 0 fully saturated rings. The summed E-state index contributed by atoms with van der Waals surface area (Å²) in [6.45, 7) is 0. The zero-order valence-electron chi connectivity index (χ0n) is 14.2. The number of rotatable bonds is 3. The first-order chi connectivity index (χ1) is 13.2. The third-order valence-electron chi connectivity index (χ3n) is 4.70. The number of benzene rings is 3. The van der Waals surface area contributed by atoms with Crippen LogP contribution in [0, 0.1) is 0 Å². The average Bonchev–Trinajstić information content (AvgIpc) is 3.27. The first kappa shape index (κ1) is 15.9. The first-order valence-corrected chi connectivity index (χ1v) is 9.98. The van der Waals surface area contributed by atoms with Gasteiger partial charge < -0.3 is 4.42 Å². The van der Waals surface area contributed by atoms with E-state index in [9.17, 15) is 8.42 Å². The van der Waals surface area contributed by atoms with Gasteiger partial charge in [-0.15, -0.1) is 0 Å². The molecule has 5 heteroatoms. The molecular weight excluding hydrogens is 358 g/mol. The van der Waals surface area contributed by atoms with Crippen molar-refractivity contribution in [2.45, 2.75) is 4.90 Å². The third kappa shape index (κ3) is 2.32. The normalized spacial score (nSPS) is 12.0. The van der Waals surface area contributed by atoms with Gasteiger partial charge in [0.1, 0.15) is 11.8 Å². The lowest BCUT2D eigenvalue weighted by atomic mass is 10.1. The topological polar surface area (TPSA) is 52.2 Å². The summed E-state index contributed by atoms with van der Waals surface area (Å²) >= 11 is 0. The quantitative estimate of drug-likeness (QED) is 0.432. The van der Waals surface area contributed by atoms with Crippen LogP contribution >= 0.6 is 0 Å². The molecule has 27 heavy (non-hydrogen) atoms. The van der Waals surface area contributed by atoms with E-state index in [-0.39, 0.29) is 4.90 Å². The third-order valence-corrected chi connectivity index (χ3v) is 6.43. The predicted octanol–water partition coefficient (Wildman–Crippen LogP) is 5.29. The second-order valence-corrected chi connectivity index (χ2v) is 8.08. The monoisotopic (exact) mass is 373 g/mol. The van der Waals surface area contributed by atoms with E-state index >= 15 is 0 Å². The number of fused-ring (bicyclic) bond motifs is 3. The van der Waals surface area contributed by atoms with Crippen LogP contribution in [0.4, 0.5) is 0 Å². The summed E-state index contributed by atoms with van der Waals surface area (Å²) in [5, 5.41) is 1.63. The number of furan rings is 1. The molecule has 0 atom stereocenters. The van der Waals surface area contributed by atoms with Crippen molar-refractivity contribution in [2.24, 2.45) is 0 Å². The highest BCUT2D eigenvalue weighted by Gasteiger charge is 2.27. The molecule has 5 aromatic rings. The lowest BCUT2D eigenvalue weighted by Crippen LogP contribution is -2.12. The number of hydrogen-bond acceptors (Lipinski definition) is 3. The van der Waals surface area contributed by atoms with Gasteiger partial charge in [0.15, 0.2) is 5.76 Å². The molecule has 4 nitrogen and oxygen atoms in total. The first-order valence-electron chi connectivity index (χ1n) is 8.54. The Labute approximate surface area is 156 Å². The van der Waals surface area contributed by atoms with E-state index < -0.39 is 10.0 Å². The largest absolute Gasteiger partial charge is 0.461 e. The Morgan fingerprint density at radius 3 is 2.07 bits per heavy atom. The highest BCUT2D eigenvalue weighted by atomic mass is 32.2. The highest BCUT2D eigenvalue weighted by molar-refractivity contribution is 7.90. The summed E-state index contributed by atoms with van der Waals surface area (Å²) in [6.07, 6.45) is 1.64. The Balaban J connectivity index is 1.94. The van der Waals surface area contributed by atoms with Gasteiger partial charge in [-0.2, -0.15) is 0 Å². The summed E-state index contributed by atoms with van der Waals surface area (Å²) in [5.74, 6) is 0.543. The van der Waals surface area contributed by atoms with Gasteiger partial charge in [0, 0.05) is 16.3 Å². The SMILES string of the molecule is O=S(=O)(c1ccccc1)n1c2ccccc2c2coc(-c3ccccc3)c21. The maximum absolute atomic E-state index is 13.5. The summed E-state index contributed by atoms with van der Waals surface area (Å²) in [6, 6.07) is 25.5. The van der Waals surface area contributed by atoms with E-state index in [4.69, 9.17) is 4.42 Å². The van der Waals surface area contributed by atoms with Crippen molar-refractivity contribution in [3.63, 3.8) is 0 Å². The Hall–Kier alpha value is -3.31. The maximum Gasteiger partial charge on any atom is 0.268 e. The Morgan fingerprint density at radius 2 is 1.33 bits per heavy atom. The molecule has 2 heterocycles. The van der Waals surface area contributed by atoms with E-state index in [1.54, 1.807) is 36.6 Å². The van der Waals surface area contributed by atoms with Gasteiger partial charge in [-0.25, -0.2) is 12.4 Å². The fraction of sp³-hybridized carbons (Fsp3) is 0. The van der Waals surface area contributed by atoms with Crippen LogP contribution in [0.3, 0.4) is 0 Å². The lowest BCUT2D eigenvalue weighted by Gasteiger charge is -2.10. The Bertz CT molecular complexity index is 1360. The van der Waals surface area contributed by atoms with Crippen LogP contribution < -0.4 is 0 Å². The fourth-order valence-electron chi connectivity index (χ4n) is 3.49. The summed E-state index contributed by atoms with van der Waals surface area (Å²) < 4.78 is 34.3. The van der Waals surface area contributed by atoms with Crippen molar-refractivity contribution in [2.75, 3.05) is 0 Å².